The minimum atomic E-state index is -2.59. The maximum absolute atomic E-state index is 2.59. The molecule has 0 bridgehead atoms. The summed E-state index contributed by atoms with van der Waals surface area (Å²) < 4.78 is 1.27. The van der Waals surface area contributed by atoms with E-state index in [0.29, 0.717) is 7.92 Å². The summed E-state index contributed by atoms with van der Waals surface area (Å²) >= 11 is 0. The molecule has 0 N–H and O–H groups in total. The number of hydrogen-bond acceptors (Lipinski definition) is 0. The predicted molar refractivity (Wildman–Crippen MR) is 73.7 cm³/mol. The van der Waals surface area contributed by atoms with Crippen LogP contribution in [0.25, 0.3) is 0 Å². The number of hydrogen-bond donors (Lipinski definition) is 0. The summed E-state index contributed by atoms with van der Waals surface area (Å²) in [5.74, 6) is 0. The van der Waals surface area contributed by atoms with Crippen LogP contribution in [0.3, 0.4) is 0 Å². The monoisotopic (exact) mass is 305 g/mol. The topological polar surface area (TPSA) is 0 Å². The summed E-state index contributed by atoms with van der Waals surface area (Å²) in [4.78, 5) is 14.1. The summed E-state index contributed by atoms with van der Waals surface area (Å²) in [6, 6.07) is 0. The van der Waals surface area contributed by atoms with Gasteiger partial charge in [0.15, 0.2) is 0 Å². The molecule has 10 aliphatic heterocycles. The van der Waals surface area contributed by atoms with E-state index in [1.807, 2.05) is 0 Å². The predicted octanol–water partition coefficient (Wildman–Crippen LogP) is 5.59. The van der Waals surface area contributed by atoms with E-state index in [1.54, 1.807) is 56.0 Å². The fraction of sp³-hybridized carbons (Fsp3) is 1.00. The average Bonchev–Trinajstić information content (AvgIpc) is 3.31. The van der Waals surface area contributed by atoms with Gasteiger partial charge in [-0.05, 0) is 0 Å². The minimum absolute atomic E-state index is 0.519. The van der Waals surface area contributed by atoms with Crippen LogP contribution in [-0.4, -0.2) is 16.4 Å². The Morgan fingerprint density at radius 1 is 0.778 bits per heavy atom. The SMILES string of the molecule is CCCP(CCC)[C]12[CH]3[CH]4[CH]5[CH]1[Co]45321678[CH]2[CH]1[CH]6[CH]7[CH]28. The zero-order valence-electron chi connectivity index (χ0n) is 11.3. The Hall–Kier alpha value is 0.936. The molecule has 0 nitrogen and oxygen atoms in total. The first-order valence-electron chi connectivity index (χ1n) is 8.41. The number of fused-ring (bicyclic) bond motifs is 10. The summed E-state index contributed by atoms with van der Waals surface area (Å²) in [6.45, 7) is 4.96. The van der Waals surface area contributed by atoms with Gasteiger partial charge in [-0.2, -0.15) is 0 Å². The van der Waals surface area contributed by atoms with Crippen molar-refractivity contribution in [2.45, 2.75) is 74.5 Å². The number of rotatable bonds is 5. The van der Waals surface area contributed by atoms with E-state index in [2.05, 4.69) is 13.8 Å². The molecule has 18 heavy (non-hydrogen) atoms. The van der Waals surface area contributed by atoms with Crippen LogP contribution in [0.15, 0.2) is 0 Å². The molecule has 0 radical (unpaired) electrons. The van der Waals surface area contributed by atoms with E-state index in [-0.39, 0.29) is 0 Å². The van der Waals surface area contributed by atoms with Crippen LogP contribution >= 0.6 is 7.92 Å². The molecule has 0 saturated carbocycles. The third-order valence-corrected chi connectivity index (χ3v) is 62.9. The van der Waals surface area contributed by atoms with Crippen LogP contribution < -0.4 is 0 Å². The van der Waals surface area contributed by atoms with Crippen molar-refractivity contribution in [3.8, 4) is 0 Å². The summed E-state index contributed by atoms with van der Waals surface area (Å²) in [5, 5.41) is 0. The van der Waals surface area contributed by atoms with Gasteiger partial charge in [0.2, 0.25) is 0 Å². The van der Waals surface area contributed by atoms with Gasteiger partial charge in [0.25, 0.3) is 0 Å². The van der Waals surface area contributed by atoms with Gasteiger partial charge in [0, 0.05) is 0 Å². The van der Waals surface area contributed by atoms with Gasteiger partial charge in [0.05, 0.1) is 0 Å². The standard InChI is InChI=1S/C11H18P.C5H5.Co/c1-3-9-12(10-4-2)11-7-5-6-8-11;1-2-4-5-3-1;/h5-8H,3-4,9-10H2,1-2H3;1-5H;. The Labute approximate surface area is 101 Å². The van der Waals surface area contributed by atoms with Crippen molar-refractivity contribution in [1.29, 1.82) is 0 Å². The van der Waals surface area contributed by atoms with Crippen molar-refractivity contribution >= 4 is 7.92 Å². The Kier molecular flexibility index (Phi) is 0.302. The summed E-state index contributed by atoms with van der Waals surface area (Å²) in [6.07, 6.45) is 3.84. The van der Waals surface area contributed by atoms with Gasteiger partial charge >= 0.3 is 101 Å². The van der Waals surface area contributed by atoms with Crippen molar-refractivity contribution < 1.29 is 6.37 Å². The van der Waals surface area contributed by atoms with Gasteiger partial charge in [-0.25, -0.2) is 0 Å². The van der Waals surface area contributed by atoms with Gasteiger partial charge < -0.3 is 0 Å². The summed E-state index contributed by atoms with van der Waals surface area (Å²) in [7, 11) is 0.519. The normalized spacial score (nSPS) is 114. The molecule has 101 valence electrons. The Morgan fingerprint density at radius 2 is 1.22 bits per heavy atom. The molecule has 10 rings (SSSR count). The molecule has 0 aromatic rings. The van der Waals surface area contributed by atoms with Crippen molar-refractivity contribution in [1.82, 2.24) is 0 Å². The van der Waals surface area contributed by atoms with Gasteiger partial charge in [-0.15, -0.1) is 0 Å². The van der Waals surface area contributed by atoms with Crippen LogP contribution in [0.4, 0.5) is 0 Å². The molecule has 1 spiro atoms. The second-order valence-electron chi connectivity index (χ2n) is 11.2. The molecule has 0 aromatic carbocycles. The fourth-order valence-corrected chi connectivity index (χ4v) is 101. The molecule has 10 heterocycles. The van der Waals surface area contributed by atoms with Crippen molar-refractivity contribution in [3.05, 3.63) is 0 Å². The summed E-state index contributed by atoms with van der Waals surface area (Å²) in [5.41, 5.74) is 0. The quantitative estimate of drug-likeness (QED) is 0.581. The van der Waals surface area contributed by atoms with Gasteiger partial charge in [0.1, 0.15) is 0 Å². The van der Waals surface area contributed by atoms with E-state index in [1.165, 1.54) is 16.9 Å². The molecular formula is C16H23CoP. The zero-order chi connectivity index (χ0) is 11.4. The van der Waals surface area contributed by atoms with E-state index in [0.717, 1.165) is 0 Å². The molecule has 0 aromatic heterocycles. The van der Waals surface area contributed by atoms with Crippen molar-refractivity contribution in [2.24, 2.45) is 0 Å². The van der Waals surface area contributed by atoms with Crippen molar-refractivity contribution in [3.63, 3.8) is 0 Å². The second kappa shape index (κ2) is 0.697. The Balaban J connectivity index is 1.45. The first-order chi connectivity index (χ1) is 8.56. The Morgan fingerprint density at radius 3 is 1.44 bits per heavy atom. The van der Waals surface area contributed by atoms with E-state index >= 15 is 0 Å². The van der Waals surface area contributed by atoms with Crippen LogP contribution in [0, 0.1) is 0 Å². The zero-order valence-corrected chi connectivity index (χ0v) is 13.2. The third-order valence-electron chi connectivity index (χ3n) is 15.3. The van der Waals surface area contributed by atoms with Crippen LogP contribution in [0.1, 0.15) is 26.7 Å². The molecule has 4 atom stereocenters. The van der Waals surface area contributed by atoms with Crippen molar-refractivity contribution in [2.75, 3.05) is 12.3 Å². The fourth-order valence-electron chi connectivity index (χ4n) is 16.9. The molecule has 4 unspecified atom stereocenters. The van der Waals surface area contributed by atoms with Gasteiger partial charge in [-0.1, -0.05) is 0 Å². The molecule has 10 aliphatic rings. The van der Waals surface area contributed by atoms with E-state index in [9.17, 15) is 0 Å². The second-order valence-corrected chi connectivity index (χ2v) is 36.5. The van der Waals surface area contributed by atoms with E-state index < -0.39 is 6.37 Å². The first kappa shape index (κ1) is 7.81. The van der Waals surface area contributed by atoms with Crippen LogP contribution in [0.2, 0.25) is 43.7 Å². The first-order valence-corrected chi connectivity index (χ1v) is 16.1. The maximum atomic E-state index is 2.48. The molecule has 2 heteroatoms. The van der Waals surface area contributed by atoms with Crippen LogP contribution in [0.5, 0.6) is 0 Å². The molecule has 0 aliphatic carbocycles. The molecule has 0 amide bonds. The van der Waals surface area contributed by atoms with Gasteiger partial charge in [-0.3, -0.25) is 0 Å². The Bertz CT molecular complexity index is 859. The molecule has 10 fully saturated rings. The average molecular weight is 305 g/mol. The molecular weight excluding hydrogens is 282 g/mol. The molecule has 10 saturated heterocycles. The van der Waals surface area contributed by atoms with Crippen LogP contribution in [-0.2, 0) is 6.37 Å². The van der Waals surface area contributed by atoms with E-state index in [4.69, 9.17) is 0 Å². The third kappa shape index (κ3) is 0.0843.